The molecule has 0 aliphatic rings. The van der Waals surface area contributed by atoms with Gasteiger partial charge in [0.25, 0.3) is 0 Å². The van der Waals surface area contributed by atoms with E-state index >= 15 is 0 Å². The first-order chi connectivity index (χ1) is 18.9. The van der Waals surface area contributed by atoms with E-state index in [0.29, 0.717) is 0 Å². The van der Waals surface area contributed by atoms with Gasteiger partial charge in [-0.1, -0.05) is 78.9 Å². The molecule has 8 rings (SSSR count). The van der Waals surface area contributed by atoms with Crippen molar-refractivity contribution in [2.45, 2.75) is 0 Å². The topological polar surface area (TPSA) is 31.0 Å². The van der Waals surface area contributed by atoms with Crippen LogP contribution in [0, 0.1) is 0 Å². The number of rotatable bonds is 3. The summed E-state index contributed by atoms with van der Waals surface area (Å²) in [6.45, 7) is 0. The maximum atomic E-state index is 6.52. The van der Waals surface area contributed by atoms with Gasteiger partial charge in [0.15, 0.2) is 0 Å². The van der Waals surface area contributed by atoms with Crippen LogP contribution < -0.4 is 0 Å². The molecule has 0 bridgehead atoms. The van der Waals surface area contributed by atoms with Crippen LogP contribution in [-0.4, -0.2) is 9.55 Å². The van der Waals surface area contributed by atoms with Crippen molar-refractivity contribution in [3.8, 4) is 28.1 Å². The summed E-state index contributed by atoms with van der Waals surface area (Å²) in [4.78, 5) is 4.58. The highest BCUT2D eigenvalue weighted by Crippen LogP contribution is 2.43. The molecule has 3 heterocycles. The Morgan fingerprint density at radius 3 is 2.26 bits per heavy atom. The molecule has 0 aliphatic heterocycles. The van der Waals surface area contributed by atoms with Crippen molar-refractivity contribution in [2.75, 3.05) is 0 Å². The Hall–Kier alpha value is -5.15. The van der Waals surface area contributed by atoms with Crippen LogP contribution in [-0.2, 0) is 0 Å². The monoisotopic (exact) mass is 486 g/mol. The minimum absolute atomic E-state index is 0.912. The SMILES string of the molecule is c1ccc(-n2c3ccc4c5ccccc5oc4c3c3cccc(-c4cccc(-c5ccccn5)c4)c32)cc1. The number of aromatic nitrogens is 2. The van der Waals surface area contributed by atoms with Crippen LogP contribution in [0.2, 0.25) is 0 Å². The molecule has 0 N–H and O–H groups in total. The third-order valence-electron chi connectivity index (χ3n) is 7.44. The van der Waals surface area contributed by atoms with Crippen LogP contribution >= 0.6 is 0 Å². The zero-order valence-corrected chi connectivity index (χ0v) is 20.5. The summed E-state index contributed by atoms with van der Waals surface area (Å²) in [6, 6.07) is 44.6. The fourth-order valence-electron chi connectivity index (χ4n) is 5.79. The average Bonchev–Trinajstić information content (AvgIpc) is 3.54. The highest BCUT2D eigenvalue weighted by molar-refractivity contribution is 6.25. The standard InChI is InChI=1S/C35H22N2O/c1-2-12-25(13-3-1)37-31-20-19-28-27-14-4-5-18-32(27)38-35(28)33(31)29-16-9-15-26(34(29)37)23-10-8-11-24(22-23)30-17-6-7-21-36-30/h1-22H. The minimum Gasteiger partial charge on any atom is -0.455 e. The first kappa shape index (κ1) is 21.0. The summed E-state index contributed by atoms with van der Waals surface area (Å²) in [7, 11) is 0. The van der Waals surface area contributed by atoms with Crippen molar-refractivity contribution in [2.24, 2.45) is 0 Å². The first-order valence-electron chi connectivity index (χ1n) is 12.8. The van der Waals surface area contributed by atoms with Crippen molar-refractivity contribution >= 4 is 43.7 Å². The minimum atomic E-state index is 0.912. The lowest BCUT2D eigenvalue weighted by molar-refractivity contribution is 0.673. The molecule has 178 valence electrons. The lowest BCUT2D eigenvalue weighted by Gasteiger charge is -2.12. The van der Waals surface area contributed by atoms with E-state index in [1.54, 1.807) is 0 Å². The van der Waals surface area contributed by atoms with E-state index in [0.717, 1.165) is 55.3 Å². The summed E-state index contributed by atoms with van der Waals surface area (Å²) in [5.41, 5.74) is 9.65. The predicted molar refractivity (Wildman–Crippen MR) is 157 cm³/mol. The molecule has 3 aromatic heterocycles. The number of fused-ring (bicyclic) bond motifs is 7. The fourth-order valence-corrected chi connectivity index (χ4v) is 5.79. The van der Waals surface area contributed by atoms with E-state index in [1.807, 2.05) is 30.5 Å². The number of nitrogens with zero attached hydrogens (tertiary/aromatic N) is 2. The van der Waals surface area contributed by atoms with Gasteiger partial charge in [-0.05, 0) is 54.1 Å². The fraction of sp³-hybridized carbons (Fsp3) is 0. The van der Waals surface area contributed by atoms with Crippen molar-refractivity contribution in [3.63, 3.8) is 0 Å². The Bertz CT molecular complexity index is 2120. The largest absolute Gasteiger partial charge is 0.455 e. The van der Waals surface area contributed by atoms with Crippen molar-refractivity contribution in [1.29, 1.82) is 0 Å². The quantitative estimate of drug-likeness (QED) is 0.249. The van der Waals surface area contributed by atoms with Gasteiger partial charge >= 0.3 is 0 Å². The summed E-state index contributed by atoms with van der Waals surface area (Å²) < 4.78 is 8.90. The molecule has 0 saturated carbocycles. The van der Waals surface area contributed by atoms with Gasteiger partial charge in [-0.15, -0.1) is 0 Å². The zero-order valence-electron chi connectivity index (χ0n) is 20.5. The molecule has 0 radical (unpaired) electrons. The average molecular weight is 487 g/mol. The van der Waals surface area contributed by atoms with Crippen LogP contribution in [0.4, 0.5) is 0 Å². The highest BCUT2D eigenvalue weighted by Gasteiger charge is 2.21. The van der Waals surface area contributed by atoms with Crippen LogP contribution in [0.5, 0.6) is 0 Å². The molecule has 0 fully saturated rings. The molecule has 0 atom stereocenters. The summed E-state index contributed by atoms with van der Waals surface area (Å²) >= 11 is 0. The van der Waals surface area contributed by atoms with Crippen LogP contribution in [0.1, 0.15) is 0 Å². The van der Waals surface area contributed by atoms with E-state index < -0.39 is 0 Å². The van der Waals surface area contributed by atoms with Gasteiger partial charge in [0.05, 0.1) is 22.1 Å². The van der Waals surface area contributed by atoms with Crippen molar-refractivity contribution in [3.05, 3.63) is 134 Å². The van der Waals surface area contributed by atoms with E-state index in [1.165, 1.54) is 16.5 Å². The zero-order chi connectivity index (χ0) is 25.1. The molecule has 3 nitrogen and oxygen atoms in total. The Labute approximate surface area is 219 Å². The van der Waals surface area contributed by atoms with Gasteiger partial charge in [-0.3, -0.25) is 4.98 Å². The third-order valence-corrected chi connectivity index (χ3v) is 7.44. The summed E-state index contributed by atoms with van der Waals surface area (Å²) in [5.74, 6) is 0. The van der Waals surface area contributed by atoms with E-state index in [9.17, 15) is 0 Å². The van der Waals surface area contributed by atoms with E-state index in [4.69, 9.17) is 4.42 Å². The van der Waals surface area contributed by atoms with Gasteiger partial charge in [0.2, 0.25) is 0 Å². The van der Waals surface area contributed by atoms with E-state index in [-0.39, 0.29) is 0 Å². The van der Waals surface area contributed by atoms with E-state index in [2.05, 4.69) is 113 Å². The molecule has 0 amide bonds. The number of hydrogen-bond acceptors (Lipinski definition) is 2. The molecular formula is C35H22N2O. The molecule has 3 heteroatoms. The highest BCUT2D eigenvalue weighted by atomic mass is 16.3. The van der Waals surface area contributed by atoms with Crippen molar-refractivity contribution in [1.82, 2.24) is 9.55 Å². The lowest BCUT2D eigenvalue weighted by atomic mass is 9.98. The number of furan rings is 1. The predicted octanol–water partition coefficient (Wildman–Crippen LogP) is 9.41. The Kier molecular flexibility index (Phi) is 4.52. The van der Waals surface area contributed by atoms with Crippen LogP contribution in [0.3, 0.4) is 0 Å². The molecular weight excluding hydrogens is 464 g/mol. The third kappa shape index (κ3) is 3.06. The van der Waals surface area contributed by atoms with Gasteiger partial charge < -0.3 is 8.98 Å². The van der Waals surface area contributed by atoms with Gasteiger partial charge in [0.1, 0.15) is 11.2 Å². The maximum Gasteiger partial charge on any atom is 0.145 e. The van der Waals surface area contributed by atoms with Crippen molar-refractivity contribution < 1.29 is 4.42 Å². The van der Waals surface area contributed by atoms with Gasteiger partial charge in [-0.2, -0.15) is 0 Å². The molecule has 8 aromatic rings. The van der Waals surface area contributed by atoms with Gasteiger partial charge in [0, 0.05) is 39.2 Å². The first-order valence-corrected chi connectivity index (χ1v) is 12.8. The molecule has 0 spiro atoms. The number of pyridine rings is 1. The van der Waals surface area contributed by atoms with Crippen LogP contribution in [0.15, 0.2) is 138 Å². The second-order valence-electron chi connectivity index (χ2n) is 9.60. The molecule has 0 unspecified atom stereocenters. The smallest absolute Gasteiger partial charge is 0.145 e. The normalized spacial score (nSPS) is 11.7. The molecule has 5 aromatic carbocycles. The Balaban J connectivity index is 1.51. The second-order valence-corrected chi connectivity index (χ2v) is 9.60. The summed E-state index contributed by atoms with van der Waals surface area (Å²) in [5, 5.41) is 4.60. The number of para-hydroxylation sites is 3. The molecule has 0 saturated heterocycles. The second kappa shape index (κ2) is 8.19. The number of benzene rings is 5. The molecule has 0 aliphatic carbocycles. The Morgan fingerprint density at radius 1 is 0.579 bits per heavy atom. The Morgan fingerprint density at radius 2 is 1.37 bits per heavy atom. The summed E-state index contributed by atoms with van der Waals surface area (Å²) in [6.07, 6.45) is 1.84. The lowest BCUT2D eigenvalue weighted by Crippen LogP contribution is -1.95. The molecule has 38 heavy (non-hydrogen) atoms. The van der Waals surface area contributed by atoms with Gasteiger partial charge in [-0.25, -0.2) is 0 Å². The van der Waals surface area contributed by atoms with Crippen LogP contribution in [0.25, 0.3) is 71.8 Å². The maximum absolute atomic E-state index is 6.52. The number of hydrogen-bond donors (Lipinski definition) is 0.